The summed E-state index contributed by atoms with van der Waals surface area (Å²) in [6.07, 6.45) is 3.03. The highest BCUT2D eigenvalue weighted by Crippen LogP contribution is 2.38. The monoisotopic (exact) mass is 200 g/mol. The molecule has 0 aromatic heterocycles. The van der Waals surface area contributed by atoms with Crippen LogP contribution in [0.25, 0.3) is 0 Å². The van der Waals surface area contributed by atoms with E-state index in [1.807, 2.05) is 6.08 Å². The molecule has 1 aliphatic heterocycles. The molecule has 0 fully saturated rings. The van der Waals surface area contributed by atoms with Crippen molar-refractivity contribution in [2.45, 2.75) is 45.3 Å². The van der Waals surface area contributed by atoms with Crippen molar-refractivity contribution in [1.29, 1.82) is 0 Å². The molecule has 0 aromatic rings. The lowest BCUT2D eigenvalue weighted by atomic mass is 10.2. The Hall–Kier alpha value is -0.443. The first-order chi connectivity index (χ1) is 5.83. The van der Waals surface area contributed by atoms with Gasteiger partial charge in [0.2, 0.25) is 0 Å². The minimum absolute atomic E-state index is 0.250. The van der Waals surface area contributed by atoms with Gasteiger partial charge in [0.15, 0.2) is 0 Å². The predicted molar refractivity (Wildman–Crippen MR) is 56.9 cm³/mol. The highest BCUT2D eigenvalue weighted by molar-refractivity contribution is 6.74. The van der Waals surface area contributed by atoms with Crippen LogP contribution in [0.1, 0.15) is 27.2 Å². The molecule has 1 aliphatic rings. The normalized spacial score (nSPS) is 18.1. The summed E-state index contributed by atoms with van der Waals surface area (Å²) in [5.41, 5.74) is 0. The van der Waals surface area contributed by atoms with Crippen molar-refractivity contribution in [2.75, 3.05) is 6.61 Å². The average molecular weight is 200 g/mol. The maximum atomic E-state index is 5.94. The Morgan fingerprint density at radius 3 is 2.38 bits per heavy atom. The number of ether oxygens (including phenoxy) is 1. The zero-order valence-electron chi connectivity index (χ0n) is 9.31. The molecule has 0 N–H and O–H groups in total. The maximum absolute atomic E-state index is 5.94. The Labute approximate surface area is 82.1 Å². The van der Waals surface area contributed by atoms with Crippen molar-refractivity contribution in [3.8, 4) is 0 Å². The summed E-state index contributed by atoms with van der Waals surface area (Å²) in [4.78, 5) is 0. The molecule has 3 heteroatoms. The van der Waals surface area contributed by atoms with Crippen molar-refractivity contribution < 1.29 is 9.16 Å². The van der Waals surface area contributed by atoms with Gasteiger partial charge in [0.25, 0.3) is 14.3 Å². The van der Waals surface area contributed by atoms with E-state index in [0.717, 1.165) is 19.0 Å². The van der Waals surface area contributed by atoms with Gasteiger partial charge in [-0.05, 0) is 24.2 Å². The zero-order valence-corrected chi connectivity index (χ0v) is 10.3. The van der Waals surface area contributed by atoms with Crippen molar-refractivity contribution in [2.24, 2.45) is 0 Å². The molecular formula is C10H20O2Si. The Bertz CT molecular complexity index is 213. The van der Waals surface area contributed by atoms with Gasteiger partial charge in [-0.2, -0.15) is 0 Å². The van der Waals surface area contributed by atoms with Crippen LogP contribution in [0.15, 0.2) is 12.0 Å². The molecule has 0 spiro atoms. The Balaban J connectivity index is 2.61. The third kappa shape index (κ3) is 2.50. The molecule has 76 valence electrons. The van der Waals surface area contributed by atoms with Crippen molar-refractivity contribution >= 4 is 8.32 Å². The molecular weight excluding hydrogens is 180 g/mol. The fraction of sp³-hybridized carbons (Fsp3) is 0.800. The fourth-order valence-electron chi connectivity index (χ4n) is 0.871. The van der Waals surface area contributed by atoms with E-state index in [2.05, 4.69) is 33.9 Å². The number of hydrogen-bond donors (Lipinski definition) is 0. The lowest BCUT2D eigenvalue weighted by molar-refractivity contribution is 0.123. The molecule has 1 rings (SSSR count). The van der Waals surface area contributed by atoms with Gasteiger partial charge in [-0.15, -0.1) is 0 Å². The first-order valence-electron chi connectivity index (χ1n) is 4.85. The molecule has 0 atom stereocenters. The molecule has 13 heavy (non-hydrogen) atoms. The topological polar surface area (TPSA) is 18.5 Å². The molecule has 0 radical (unpaired) electrons. The average Bonchev–Trinajstić information content (AvgIpc) is 2.35. The zero-order chi connectivity index (χ0) is 10.1. The van der Waals surface area contributed by atoms with Crippen molar-refractivity contribution in [1.82, 2.24) is 0 Å². The highest BCUT2D eigenvalue weighted by Gasteiger charge is 2.40. The van der Waals surface area contributed by atoms with Gasteiger partial charge in [-0.3, -0.25) is 0 Å². The van der Waals surface area contributed by atoms with Crippen LogP contribution < -0.4 is 0 Å². The summed E-state index contributed by atoms with van der Waals surface area (Å²) in [5, 5.41) is 0.250. The van der Waals surface area contributed by atoms with E-state index in [1.165, 1.54) is 0 Å². The second kappa shape index (κ2) is 3.37. The van der Waals surface area contributed by atoms with Gasteiger partial charge in [-0.25, -0.2) is 0 Å². The third-order valence-electron chi connectivity index (χ3n) is 2.84. The predicted octanol–water partition coefficient (Wildman–Crippen LogP) is 3.27. The van der Waals surface area contributed by atoms with Crippen LogP contribution in [0, 0.1) is 0 Å². The summed E-state index contributed by atoms with van der Waals surface area (Å²) in [6, 6.07) is 0. The summed E-state index contributed by atoms with van der Waals surface area (Å²) >= 11 is 0. The van der Waals surface area contributed by atoms with E-state index < -0.39 is 8.32 Å². The second-order valence-electron chi connectivity index (χ2n) is 5.02. The first-order valence-corrected chi connectivity index (χ1v) is 7.76. The summed E-state index contributed by atoms with van der Waals surface area (Å²) in [7, 11) is -1.66. The molecule has 0 bridgehead atoms. The van der Waals surface area contributed by atoms with Crippen LogP contribution >= 0.6 is 0 Å². The van der Waals surface area contributed by atoms with Crippen LogP contribution in [-0.4, -0.2) is 14.9 Å². The molecule has 1 heterocycles. The van der Waals surface area contributed by atoms with Crippen LogP contribution in [0.3, 0.4) is 0 Å². The lowest BCUT2D eigenvalue weighted by Gasteiger charge is -2.36. The maximum Gasteiger partial charge on any atom is 0.261 e. The van der Waals surface area contributed by atoms with E-state index in [4.69, 9.17) is 9.16 Å². The number of hydrogen-bond acceptors (Lipinski definition) is 2. The molecule has 0 saturated carbocycles. The summed E-state index contributed by atoms with van der Waals surface area (Å²) in [6.45, 7) is 11.9. The number of rotatable bonds is 2. The SMILES string of the molecule is CC(C)(C)[Si](C)(C)OC1=CCCO1. The largest absolute Gasteiger partial charge is 0.519 e. The molecule has 0 saturated heterocycles. The minimum atomic E-state index is -1.66. The van der Waals surface area contributed by atoms with Gasteiger partial charge in [0.05, 0.1) is 6.61 Å². The quantitative estimate of drug-likeness (QED) is 0.637. The summed E-state index contributed by atoms with van der Waals surface area (Å²) < 4.78 is 11.3. The van der Waals surface area contributed by atoms with Gasteiger partial charge >= 0.3 is 0 Å². The third-order valence-corrected chi connectivity index (χ3v) is 7.16. The molecule has 0 aromatic carbocycles. The Kier molecular flexibility index (Phi) is 2.76. The van der Waals surface area contributed by atoms with Gasteiger partial charge < -0.3 is 9.16 Å². The fourth-order valence-corrected chi connectivity index (χ4v) is 1.82. The van der Waals surface area contributed by atoms with Gasteiger partial charge in [0.1, 0.15) is 0 Å². The Morgan fingerprint density at radius 1 is 1.38 bits per heavy atom. The molecule has 0 unspecified atom stereocenters. The smallest absolute Gasteiger partial charge is 0.261 e. The van der Waals surface area contributed by atoms with Crippen molar-refractivity contribution in [3.05, 3.63) is 12.0 Å². The van der Waals surface area contributed by atoms with Gasteiger partial charge in [-0.1, -0.05) is 20.8 Å². The molecule has 0 amide bonds. The highest BCUT2D eigenvalue weighted by atomic mass is 28.4. The van der Waals surface area contributed by atoms with E-state index in [9.17, 15) is 0 Å². The molecule has 2 nitrogen and oxygen atoms in total. The van der Waals surface area contributed by atoms with Gasteiger partial charge in [0, 0.05) is 6.42 Å². The standard InChI is InChI=1S/C10H20O2Si/c1-10(2,3)13(4,5)12-9-7-6-8-11-9/h7H,6,8H2,1-5H3. The van der Waals surface area contributed by atoms with Crippen LogP contribution in [-0.2, 0) is 9.16 Å². The minimum Gasteiger partial charge on any atom is -0.519 e. The van der Waals surface area contributed by atoms with Crippen LogP contribution in [0.5, 0.6) is 0 Å². The van der Waals surface area contributed by atoms with E-state index in [0.29, 0.717) is 0 Å². The lowest BCUT2D eigenvalue weighted by Crippen LogP contribution is -2.40. The van der Waals surface area contributed by atoms with Crippen molar-refractivity contribution in [3.63, 3.8) is 0 Å². The second-order valence-corrected chi connectivity index (χ2v) is 9.75. The molecule has 0 aliphatic carbocycles. The van der Waals surface area contributed by atoms with E-state index in [1.54, 1.807) is 0 Å². The van der Waals surface area contributed by atoms with Crippen LogP contribution in [0.2, 0.25) is 18.1 Å². The Morgan fingerprint density at radius 2 is 2.00 bits per heavy atom. The van der Waals surface area contributed by atoms with Crippen LogP contribution in [0.4, 0.5) is 0 Å². The summed E-state index contributed by atoms with van der Waals surface area (Å²) in [5.74, 6) is 0.756. The first kappa shape index (κ1) is 10.6. The van der Waals surface area contributed by atoms with E-state index >= 15 is 0 Å². The van der Waals surface area contributed by atoms with E-state index in [-0.39, 0.29) is 5.04 Å².